The zero-order valence-electron chi connectivity index (χ0n) is 11.6. The first-order chi connectivity index (χ1) is 10.0. The van der Waals surface area contributed by atoms with Crippen LogP contribution in [-0.4, -0.2) is 20.1 Å². The average molecular weight is 290 g/mol. The molecular formula is C15H15FN2O3. The molecule has 0 atom stereocenters. The predicted octanol–water partition coefficient (Wildman–Crippen LogP) is 2.68. The van der Waals surface area contributed by atoms with Gasteiger partial charge >= 0.3 is 0 Å². The van der Waals surface area contributed by atoms with Crippen LogP contribution in [0.5, 0.6) is 11.5 Å². The fraction of sp³-hybridized carbons (Fsp3) is 0.133. The maximum Gasteiger partial charge on any atom is 0.257 e. The molecule has 5 nitrogen and oxygen atoms in total. The van der Waals surface area contributed by atoms with E-state index in [0.29, 0.717) is 17.0 Å². The maximum atomic E-state index is 13.1. The van der Waals surface area contributed by atoms with E-state index in [-0.39, 0.29) is 11.4 Å². The van der Waals surface area contributed by atoms with Crippen molar-refractivity contribution in [1.82, 2.24) is 0 Å². The smallest absolute Gasteiger partial charge is 0.257 e. The van der Waals surface area contributed by atoms with Gasteiger partial charge in [0.2, 0.25) is 0 Å². The fourth-order valence-corrected chi connectivity index (χ4v) is 1.83. The minimum absolute atomic E-state index is 0.232. The molecule has 110 valence electrons. The maximum absolute atomic E-state index is 13.1. The summed E-state index contributed by atoms with van der Waals surface area (Å²) in [5.41, 5.74) is 6.75. The van der Waals surface area contributed by atoms with Crippen LogP contribution in [-0.2, 0) is 0 Å². The minimum Gasteiger partial charge on any atom is -0.497 e. The summed E-state index contributed by atoms with van der Waals surface area (Å²) in [6, 6.07) is 8.58. The molecule has 0 spiro atoms. The molecule has 6 heteroatoms. The highest BCUT2D eigenvalue weighted by atomic mass is 19.1. The second-order valence-corrected chi connectivity index (χ2v) is 4.25. The number of hydrogen-bond donors (Lipinski definition) is 2. The Morgan fingerprint density at radius 3 is 2.52 bits per heavy atom. The van der Waals surface area contributed by atoms with E-state index < -0.39 is 11.7 Å². The van der Waals surface area contributed by atoms with Gasteiger partial charge in [-0.25, -0.2) is 4.39 Å². The first kappa shape index (κ1) is 14.6. The van der Waals surface area contributed by atoms with Gasteiger partial charge in [0.1, 0.15) is 17.3 Å². The Hall–Kier alpha value is -2.76. The van der Waals surface area contributed by atoms with Crippen LogP contribution in [0.1, 0.15) is 10.4 Å². The van der Waals surface area contributed by atoms with Gasteiger partial charge in [0.15, 0.2) is 0 Å². The first-order valence-corrected chi connectivity index (χ1v) is 6.13. The van der Waals surface area contributed by atoms with Gasteiger partial charge in [0.25, 0.3) is 5.91 Å². The van der Waals surface area contributed by atoms with Gasteiger partial charge in [-0.3, -0.25) is 4.79 Å². The number of hydrogen-bond acceptors (Lipinski definition) is 4. The molecule has 3 N–H and O–H groups in total. The molecule has 0 unspecified atom stereocenters. The summed E-state index contributed by atoms with van der Waals surface area (Å²) in [6.07, 6.45) is 0. The van der Waals surface area contributed by atoms with Gasteiger partial charge in [-0.15, -0.1) is 0 Å². The third-order valence-electron chi connectivity index (χ3n) is 2.92. The molecule has 0 saturated heterocycles. The Labute approximate surface area is 121 Å². The van der Waals surface area contributed by atoms with Crippen molar-refractivity contribution in [2.45, 2.75) is 0 Å². The van der Waals surface area contributed by atoms with Gasteiger partial charge < -0.3 is 20.5 Å². The summed E-state index contributed by atoms with van der Waals surface area (Å²) in [7, 11) is 2.91. The molecule has 0 saturated carbocycles. The summed E-state index contributed by atoms with van der Waals surface area (Å²) in [6.45, 7) is 0. The molecule has 1 amide bonds. The van der Waals surface area contributed by atoms with Crippen molar-refractivity contribution in [2.75, 3.05) is 25.3 Å². The van der Waals surface area contributed by atoms with Crippen molar-refractivity contribution < 1.29 is 18.7 Å². The molecule has 0 bridgehead atoms. The Bertz CT molecular complexity index is 674. The molecule has 21 heavy (non-hydrogen) atoms. The highest BCUT2D eigenvalue weighted by molar-refractivity contribution is 6.08. The predicted molar refractivity (Wildman–Crippen MR) is 78.3 cm³/mol. The SMILES string of the molecule is COc1ccc(C(=O)Nc2ccc(F)cc2OC)c(N)c1. The third kappa shape index (κ3) is 3.22. The van der Waals surface area contributed by atoms with E-state index in [2.05, 4.69) is 5.32 Å². The van der Waals surface area contributed by atoms with Crippen molar-refractivity contribution in [3.05, 3.63) is 47.8 Å². The topological polar surface area (TPSA) is 73.6 Å². The number of anilines is 2. The lowest BCUT2D eigenvalue weighted by atomic mass is 10.1. The number of rotatable bonds is 4. The number of halogens is 1. The van der Waals surface area contributed by atoms with Crippen LogP contribution in [0.25, 0.3) is 0 Å². The average Bonchev–Trinajstić information content (AvgIpc) is 2.48. The van der Waals surface area contributed by atoms with Crippen molar-refractivity contribution in [1.29, 1.82) is 0 Å². The van der Waals surface area contributed by atoms with Crippen LogP contribution in [0.2, 0.25) is 0 Å². The number of methoxy groups -OCH3 is 2. The van der Waals surface area contributed by atoms with Gasteiger partial charge in [-0.05, 0) is 24.3 Å². The molecule has 0 heterocycles. The van der Waals surface area contributed by atoms with E-state index in [4.69, 9.17) is 15.2 Å². The second kappa shape index (κ2) is 6.13. The van der Waals surface area contributed by atoms with Gasteiger partial charge in [0, 0.05) is 17.8 Å². The Morgan fingerprint density at radius 2 is 1.90 bits per heavy atom. The summed E-state index contributed by atoms with van der Waals surface area (Å²) in [5, 5.41) is 2.63. The largest absolute Gasteiger partial charge is 0.497 e. The Kier molecular flexibility index (Phi) is 4.27. The lowest BCUT2D eigenvalue weighted by Gasteiger charge is -2.12. The monoisotopic (exact) mass is 290 g/mol. The normalized spacial score (nSPS) is 10.0. The van der Waals surface area contributed by atoms with Gasteiger partial charge in [0.05, 0.1) is 25.5 Å². The number of amides is 1. The lowest BCUT2D eigenvalue weighted by molar-refractivity contribution is 0.102. The first-order valence-electron chi connectivity index (χ1n) is 6.13. The van der Waals surface area contributed by atoms with E-state index >= 15 is 0 Å². The second-order valence-electron chi connectivity index (χ2n) is 4.25. The molecule has 2 aromatic carbocycles. The summed E-state index contributed by atoms with van der Waals surface area (Å²) in [5.74, 6) is -0.0762. The number of benzene rings is 2. The molecule has 0 aliphatic carbocycles. The molecule has 0 aliphatic heterocycles. The number of nitrogen functional groups attached to an aromatic ring is 1. The minimum atomic E-state index is -0.450. The number of nitrogens with two attached hydrogens (primary N) is 1. The van der Waals surface area contributed by atoms with Crippen molar-refractivity contribution in [2.24, 2.45) is 0 Å². The van der Waals surface area contributed by atoms with Gasteiger partial charge in [-0.1, -0.05) is 0 Å². The highest BCUT2D eigenvalue weighted by Gasteiger charge is 2.13. The summed E-state index contributed by atoms with van der Waals surface area (Å²) < 4.78 is 23.2. The molecule has 0 aromatic heterocycles. The summed E-state index contributed by atoms with van der Waals surface area (Å²) >= 11 is 0. The number of nitrogens with one attached hydrogen (secondary N) is 1. The molecule has 0 radical (unpaired) electrons. The zero-order chi connectivity index (χ0) is 15.4. The molecular weight excluding hydrogens is 275 g/mol. The number of carbonyl (C=O) groups is 1. The highest BCUT2D eigenvalue weighted by Crippen LogP contribution is 2.27. The van der Waals surface area contributed by atoms with E-state index in [1.54, 1.807) is 18.2 Å². The fourth-order valence-electron chi connectivity index (χ4n) is 1.83. The van der Waals surface area contributed by atoms with E-state index in [9.17, 15) is 9.18 Å². The lowest BCUT2D eigenvalue weighted by Crippen LogP contribution is -2.14. The van der Waals surface area contributed by atoms with Crippen molar-refractivity contribution in [3.63, 3.8) is 0 Å². The van der Waals surface area contributed by atoms with Crippen LogP contribution < -0.4 is 20.5 Å². The van der Waals surface area contributed by atoms with Crippen LogP contribution >= 0.6 is 0 Å². The van der Waals surface area contributed by atoms with Crippen LogP contribution in [0, 0.1) is 5.82 Å². The zero-order valence-corrected chi connectivity index (χ0v) is 11.6. The number of carbonyl (C=O) groups excluding carboxylic acids is 1. The Balaban J connectivity index is 2.26. The molecule has 2 aromatic rings. The standard InChI is InChI=1S/C15H15FN2O3/c1-20-10-4-5-11(12(17)8-10)15(19)18-13-6-3-9(16)7-14(13)21-2/h3-8H,17H2,1-2H3,(H,18,19). The van der Waals surface area contributed by atoms with Crippen LogP contribution in [0.3, 0.4) is 0 Å². The van der Waals surface area contributed by atoms with Crippen molar-refractivity contribution in [3.8, 4) is 11.5 Å². The summed E-state index contributed by atoms with van der Waals surface area (Å²) in [4.78, 5) is 12.2. The van der Waals surface area contributed by atoms with Gasteiger partial charge in [-0.2, -0.15) is 0 Å². The molecule has 0 aliphatic rings. The van der Waals surface area contributed by atoms with Crippen molar-refractivity contribution >= 4 is 17.3 Å². The van der Waals surface area contributed by atoms with E-state index in [1.165, 1.54) is 32.4 Å². The number of ether oxygens (including phenoxy) is 2. The quantitative estimate of drug-likeness (QED) is 0.849. The molecule has 0 fully saturated rings. The van der Waals surface area contributed by atoms with E-state index in [0.717, 1.165) is 0 Å². The molecule has 2 rings (SSSR count). The third-order valence-corrected chi connectivity index (χ3v) is 2.92. The van der Waals surface area contributed by atoms with E-state index in [1.807, 2.05) is 0 Å². The van der Waals surface area contributed by atoms with Crippen LogP contribution in [0.4, 0.5) is 15.8 Å². The Morgan fingerprint density at radius 1 is 1.14 bits per heavy atom. The van der Waals surface area contributed by atoms with Crippen LogP contribution in [0.15, 0.2) is 36.4 Å².